The number of hydrogen-bond donors (Lipinski definition) is 1. The Kier molecular flexibility index (Phi) is 4.71. The van der Waals surface area contributed by atoms with E-state index in [4.69, 9.17) is 0 Å². The highest BCUT2D eigenvalue weighted by Crippen LogP contribution is 2.46. The van der Waals surface area contributed by atoms with E-state index >= 15 is 0 Å². The quantitative estimate of drug-likeness (QED) is 0.844. The first-order valence-corrected chi connectivity index (χ1v) is 9.79. The first-order chi connectivity index (χ1) is 12.7. The van der Waals surface area contributed by atoms with E-state index in [-0.39, 0.29) is 12.9 Å². The first-order valence-electron chi connectivity index (χ1n) is 9.79. The lowest BCUT2D eigenvalue weighted by molar-refractivity contribution is 0.155. The molecule has 1 saturated heterocycles. The van der Waals surface area contributed by atoms with Gasteiger partial charge in [-0.15, -0.1) is 0 Å². The number of rotatable bonds is 4. The van der Waals surface area contributed by atoms with Crippen LogP contribution < -0.4 is 5.32 Å². The number of carbonyl (C=O) groups is 1. The number of urea groups is 1. The molecule has 1 heterocycles. The highest BCUT2D eigenvalue weighted by molar-refractivity contribution is 5.74. The van der Waals surface area contributed by atoms with E-state index in [2.05, 4.69) is 72.9 Å². The van der Waals surface area contributed by atoms with Gasteiger partial charge in [-0.25, -0.2) is 4.79 Å². The van der Waals surface area contributed by atoms with Crippen molar-refractivity contribution in [3.8, 4) is 0 Å². The number of nitrogens with one attached hydrogen (secondary N) is 1. The molecule has 0 radical (unpaired) electrons. The van der Waals surface area contributed by atoms with E-state index in [9.17, 15) is 4.79 Å². The van der Waals surface area contributed by atoms with E-state index in [1.54, 1.807) is 0 Å². The fraction of sp³-hybridized carbons (Fsp3) is 0.435. The third-order valence-electron chi connectivity index (χ3n) is 6.12. The standard InChI is InChI=1S/C23H28N2O.H2/c1-23(20-11-6-3-7-12-20)13-8-14-25(17-23)22(26)24-16-19-15-21(19)18-9-4-2-5-10-18;/h2-7,9-12,19,21H,8,13-17H2,1H3,(H,24,26);1H. The fourth-order valence-corrected chi connectivity index (χ4v) is 4.40. The van der Waals surface area contributed by atoms with E-state index in [0.29, 0.717) is 11.8 Å². The molecule has 0 aromatic heterocycles. The molecule has 3 atom stereocenters. The van der Waals surface area contributed by atoms with Gasteiger partial charge in [-0.05, 0) is 42.2 Å². The lowest BCUT2D eigenvalue weighted by Gasteiger charge is -2.41. The Morgan fingerprint density at radius 2 is 1.85 bits per heavy atom. The average molecular weight is 351 g/mol. The second-order valence-electron chi connectivity index (χ2n) is 8.15. The van der Waals surface area contributed by atoms with Crippen LogP contribution in [-0.4, -0.2) is 30.6 Å². The topological polar surface area (TPSA) is 32.3 Å². The molecule has 138 valence electrons. The van der Waals surface area contributed by atoms with Gasteiger partial charge in [-0.3, -0.25) is 0 Å². The Labute approximate surface area is 157 Å². The third-order valence-corrected chi connectivity index (χ3v) is 6.12. The molecule has 3 unspecified atom stereocenters. The molecule has 2 aromatic carbocycles. The van der Waals surface area contributed by atoms with E-state index in [1.807, 2.05) is 4.90 Å². The SMILES string of the molecule is CC1(c2ccccc2)CCCN(C(=O)NCC2CC2c2ccccc2)C1.[HH]. The number of amides is 2. The minimum atomic E-state index is 0. The summed E-state index contributed by atoms with van der Waals surface area (Å²) in [5, 5.41) is 3.19. The summed E-state index contributed by atoms with van der Waals surface area (Å²) in [6, 6.07) is 21.4. The Morgan fingerprint density at radius 3 is 2.58 bits per heavy atom. The van der Waals surface area contributed by atoms with Gasteiger partial charge in [0, 0.05) is 26.5 Å². The van der Waals surface area contributed by atoms with Crippen LogP contribution in [-0.2, 0) is 5.41 Å². The van der Waals surface area contributed by atoms with Gasteiger partial charge in [0.2, 0.25) is 0 Å². The summed E-state index contributed by atoms with van der Waals surface area (Å²) in [5.74, 6) is 1.21. The summed E-state index contributed by atoms with van der Waals surface area (Å²) in [5.41, 5.74) is 2.80. The van der Waals surface area contributed by atoms with Crippen molar-refractivity contribution in [1.82, 2.24) is 10.2 Å². The maximum atomic E-state index is 12.7. The molecule has 3 nitrogen and oxygen atoms in total. The van der Waals surface area contributed by atoms with E-state index in [1.165, 1.54) is 17.5 Å². The van der Waals surface area contributed by atoms with Gasteiger partial charge in [0.05, 0.1) is 0 Å². The summed E-state index contributed by atoms with van der Waals surface area (Å²) in [7, 11) is 0. The Balaban J connectivity index is 0.00000210. The van der Waals surface area contributed by atoms with Crippen molar-refractivity contribution in [1.29, 1.82) is 0 Å². The summed E-state index contributed by atoms with van der Waals surface area (Å²) >= 11 is 0. The molecule has 3 heteroatoms. The van der Waals surface area contributed by atoms with Gasteiger partial charge in [0.15, 0.2) is 0 Å². The molecule has 1 aliphatic carbocycles. The molecule has 0 spiro atoms. The second kappa shape index (κ2) is 7.14. The molecule has 1 aliphatic heterocycles. The number of carbonyl (C=O) groups excluding carboxylic acids is 1. The molecule has 0 bridgehead atoms. The number of likely N-dealkylation sites (tertiary alicyclic amines) is 1. The predicted octanol–water partition coefficient (Wildman–Crippen LogP) is 4.80. The molecule has 2 aliphatic rings. The molecule has 2 aromatic rings. The molecule has 26 heavy (non-hydrogen) atoms. The van der Waals surface area contributed by atoms with Crippen LogP contribution >= 0.6 is 0 Å². The Morgan fingerprint density at radius 1 is 1.15 bits per heavy atom. The zero-order chi connectivity index (χ0) is 18.0. The van der Waals surface area contributed by atoms with Crippen molar-refractivity contribution in [3.05, 3.63) is 71.8 Å². The summed E-state index contributed by atoms with van der Waals surface area (Å²) in [6.07, 6.45) is 3.39. The van der Waals surface area contributed by atoms with Crippen molar-refractivity contribution in [3.63, 3.8) is 0 Å². The monoisotopic (exact) mass is 350 g/mol. The second-order valence-corrected chi connectivity index (χ2v) is 8.15. The maximum absolute atomic E-state index is 12.7. The third kappa shape index (κ3) is 3.62. The van der Waals surface area contributed by atoms with E-state index in [0.717, 1.165) is 32.5 Å². The molecule has 1 N–H and O–H groups in total. The molecule has 2 fully saturated rings. The van der Waals surface area contributed by atoms with Crippen LogP contribution in [0.25, 0.3) is 0 Å². The number of nitrogens with zero attached hydrogens (tertiary/aromatic N) is 1. The zero-order valence-corrected chi connectivity index (χ0v) is 15.5. The van der Waals surface area contributed by atoms with Crippen molar-refractivity contribution >= 4 is 6.03 Å². The molecule has 4 rings (SSSR count). The first kappa shape index (κ1) is 17.1. The lowest BCUT2D eigenvalue weighted by atomic mass is 9.76. The van der Waals surface area contributed by atoms with Gasteiger partial charge < -0.3 is 10.2 Å². The predicted molar refractivity (Wildman–Crippen MR) is 107 cm³/mol. The van der Waals surface area contributed by atoms with Crippen LogP contribution in [0.5, 0.6) is 0 Å². The maximum Gasteiger partial charge on any atom is 0.317 e. The summed E-state index contributed by atoms with van der Waals surface area (Å²) in [4.78, 5) is 14.7. The molecule has 2 amide bonds. The van der Waals surface area contributed by atoms with Crippen LogP contribution in [0.2, 0.25) is 0 Å². The van der Waals surface area contributed by atoms with E-state index < -0.39 is 0 Å². The van der Waals surface area contributed by atoms with Gasteiger partial charge in [0.25, 0.3) is 0 Å². The summed E-state index contributed by atoms with van der Waals surface area (Å²) in [6.45, 7) is 4.74. The van der Waals surface area contributed by atoms with Crippen LogP contribution in [0.3, 0.4) is 0 Å². The minimum absolute atomic E-state index is 0. The van der Waals surface area contributed by atoms with Gasteiger partial charge >= 0.3 is 6.03 Å². The highest BCUT2D eigenvalue weighted by atomic mass is 16.2. The zero-order valence-electron chi connectivity index (χ0n) is 15.5. The largest absolute Gasteiger partial charge is 0.338 e. The van der Waals surface area contributed by atoms with Crippen molar-refractivity contribution in [2.45, 2.75) is 37.5 Å². The number of piperidine rings is 1. The van der Waals surface area contributed by atoms with Crippen molar-refractivity contribution in [2.75, 3.05) is 19.6 Å². The van der Waals surface area contributed by atoms with Crippen molar-refractivity contribution < 1.29 is 6.22 Å². The average Bonchev–Trinajstić information content (AvgIpc) is 3.47. The number of hydrogen-bond acceptors (Lipinski definition) is 1. The van der Waals surface area contributed by atoms with Gasteiger partial charge in [-0.2, -0.15) is 0 Å². The van der Waals surface area contributed by atoms with Crippen LogP contribution in [0.1, 0.15) is 44.7 Å². The fourth-order valence-electron chi connectivity index (χ4n) is 4.40. The normalized spacial score (nSPS) is 27.8. The molecular formula is C23H30N2O. The van der Waals surface area contributed by atoms with Crippen LogP contribution in [0.4, 0.5) is 4.79 Å². The van der Waals surface area contributed by atoms with Crippen molar-refractivity contribution in [2.24, 2.45) is 5.92 Å². The van der Waals surface area contributed by atoms with Crippen LogP contribution in [0.15, 0.2) is 60.7 Å². The van der Waals surface area contributed by atoms with Gasteiger partial charge in [-0.1, -0.05) is 67.6 Å². The van der Waals surface area contributed by atoms with Gasteiger partial charge in [0.1, 0.15) is 0 Å². The molecular weight excluding hydrogens is 320 g/mol. The molecule has 1 saturated carbocycles. The Hall–Kier alpha value is -2.29. The van der Waals surface area contributed by atoms with Crippen LogP contribution in [0, 0.1) is 5.92 Å². The lowest BCUT2D eigenvalue weighted by Crippen LogP contribution is -2.50. The highest BCUT2D eigenvalue weighted by Gasteiger charge is 2.39. The summed E-state index contributed by atoms with van der Waals surface area (Å²) < 4.78 is 0. The smallest absolute Gasteiger partial charge is 0.317 e. The Bertz CT molecular complexity index is 751. The number of benzene rings is 2. The minimum Gasteiger partial charge on any atom is -0.338 e.